The first-order valence-corrected chi connectivity index (χ1v) is 13.2. The number of benzene rings is 4. The van der Waals surface area contributed by atoms with Gasteiger partial charge in [0.25, 0.3) is 0 Å². The van der Waals surface area contributed by atoms with Crippen LogP contribution in [0.1, 0.15) is 36.5 Å². The van der Waals surface area contributed by atoms with Crippen molar-refractivity contribution in [3.8, 4) is 0 Å². The molecule has 0 heterocycles. The van der Waals surface area contributed by atoms with Crippen LogP contribution in [0.15, 0.2) is 97.1 Å². The van der Waals surface area contributed by atoms with Crippen molar-refractivity contribution in [2.45, 2.75) is 45.2 Å². The van der Waals surface area contributed by atoms with Crippen molar-refractivity contribution < 1.29 is 9.59 Å². The summed E-state index contributed by atoms with van der Waals surface area (Å²) >= 11 is 6.11. The van der Waals surface area contributed by atoms with Gasteiger partial charge < -0.3 is 10.2 Å². The number of aryl methyl sites for hydroxylation is 1. The average molecular weight is 513 g/mol. The molecule has 2 amide bonds. The van der Waals surface area contributed by atoms with Crippen LogP contribution in [0.5, 0.6) is 0 Å². The Labute approximate surface area is 224 Å². The minimum absolute atomic E-state index is 0.0459. The molecule has 0 aliphatic carbocycles. The molecular formula is C32H33ClN2O2. The lowest BCUT2D eigenvalue weighted by Gasteiger charge is -2.31. The molecule has 0 fully saturated rings. The van der Waals surface area contributed by atoms with E-state index in [0.717, 1.165) is 33.9 Å². The molecule has 0 radical (unpaired) electrons. The van der Waals surface area contributed by atoms with E-state index in [1.165, 1.54) is 0 Å². The summed E-state index contributed by atoms with van der Waals surface area (Å²) in [6, 6.07) is 31.1. The highest BCUT2D eigenvalue weighted by atomic mass is 35.5. The van der Waals surface area contributed by atoms with Gasteiger partial charge in [-0.15, -0.1) is 0 Å². The standard InChI is InChI=1S/C32H33ClN2O2/c1-2-21-34-32(37)30(22-24-9-4-3-5-10-24)35(23-25-15-18-28(33)19-16-25)31(36)20-17-27-13-8-12-26-11-6-7-14-29(26)27/h3-16,18-19,30H,2,17,20-23H2,1H3,(H,34,37). The van der Waals surface area contributed by atoms with Gasteiger partial charge in [0.05, 0.1) is 0 Å². The maximum absolute atomic E-state index is 13.9. The van der Waals surface area contributed by atoms with Crippen molar-refractivity contribution in [2.75, 3.05) is 6.54 Å². The van der Waals surface area contributed by atoms with E-state index in [4.69, 9.17) is 11.6 Å². The number of amides is 2. The third-order valence-electron chi connectivity index (χ3n) is 6.57. The molecule has 1 unspecified atom stereocenters. The van der Waals surface area contributed by atoms with Crippen LogP contribution in [0, 0.1) is 0 Å². The summed E-state index contributed by atoms with van der Waals surface area (Å²) < 4.78 is 0. The summed E-state index contributed by atoms with van der Waals surface area (Å²) in [4.78, 5) is 29.0. The predicted molar refractivity (Wildman–Crippen MR) is 152 cm³/mol. The molecule has 0 saturated carbocycles. The van der Waals surface area contributed by atoms with Crippen LogP contribution < -0.4 is 5.32 Å². The van der Waals surface area contributed by atoms with Gasteiger partial charge in [-0.1, -0.05) is 103 Å². The highest BCUT2D eigenvalue weighted by Crippen LogP contribution is 2.22. The quantitative estimate of drug-likeness (QED) is 0.246. The van der Waals surface area contributed by atoms with E-state index in [9.17, 15) is 9.59 Å². The molecule has 4 nitrogen and oxygen atoms in total. The van der Waals surface area contributed by atoms with Crippen molar-refractivity contribution in [2.24, 2.45) is 0 Å². The first-order valence-electron chi connectivity index (χ1n) is 12.9. The molecule has 4 rings (SSSR count). The van der Waals surface area contributed by atoms with Gasteiger partial charge in [0.1, 0.15) is 6.04 Å². The number of carbonyl (C=O) groups is 2. The zero-order valence-electron chi connectivity index (χ0n) is 21.2. The smallest absolute Gasteiger partial charge is 0.243 e. The van der Waals surface area contributed by atoms with Crippen molar-refractivity contribution in [3.05, 3.63) is 119 Å². The number of carbonyl (C=O) groups excluding carboxylic acids is 2. The number of hydrogen-bond acceptors (Lipinski definition) is 2. The highest BCUT2D eigenvalue weighted by Gasteiger charge is 2.30. The molecule has 37 heavy (non-hydrogen) atoms. The van der Waals surface area contributed by atoms with Gasteiger partial charge in [-0.3, -0.25) is 9.59 Å². The van der Waals surface area contributed by atoms with Gasteiger partial charge in [0.2, 0.25) is 11.8 Å². The van der Waals surface area contributed by atoms with E-state index in [-0.39, 0.29) is 11.8 Å². The highest BCUT2D eigenvalue weighted by molar-refractivity contribution is 6.30. The molecule has 0 saturated heterocycles. The maximum atomic E-state index is 13.9. The third kappa shape index (κ3) is 7.21. The number of fused-ring (bicyclic) bond motifs is 1. The lowest BCUT2D eigenvalue weighted by atomic mass is 9.99. The fourth-order valence-electron chi connectivity index (χ4n) is 4.60. The van der Waals surface area contributed by atoms with Gasteiger partial charge in [0.15, 0.2) is 0 Å². The van der Waals surface area contributed by atoms with Crippen molar-refractivity contribution >= 4 is 34.2 Å². The Kier molecular flexibility index (Phi) is 9.34. The van der Waals surface area contributed by atoms with Gasteiger partial charge in [0, 0.05) is 31.0 Å². The third-order valence-corrected chi connectivity index (χ3v) is 6.83. The second-order valence-corrected chi connectivity index (χ2v) is 9.72. The summed E-state index contributed by atoms with van der Waals surface area (Å²) in [5.74, 6) is -0.173. The summed E-state index contributed by atoms with van der Waals surface area (Å²) in [5.41, 5.74) is 3.08. The normalized spacial score (nSPS) is 11.7. The minimum Gasteiger partial charge on any atom is -0.354 e. The van der Waals surface area contributed by atoms with Crippen LogP contribution >= 0.6 is 11.6 Å². The molecular weight excluding hydrogens is 480 g/mol. The Morgan fingerprint density at radius 1 is 0.838 bits per heavy atom. The molecule has 1 atom stereocenters. The first-order chi connectivity index (χ1) is 18.0. The van der Waals surface area contributed by atoms with Crippen LogP contribution in [-0.2, 0) is 29.0 Å². The van der Waals surface area contributed by atoms with E-state index >= 15 is 0 Å². The average Bonchev–Trinajstić information content (AvgIpc) is 2.93. The number of rotatable bonds is 11. The van der Waals surface area contributed by atoms with Crippen LogP contribution in [0.3, 0.4) is 0 Å². The second kappa shape index (κ2) is 13.1. The molecule has 0 bridgehead atoms. The van der Waals surface area contributed by atoms with Crippen LogP contribution in [0.2, 0.25) is 5.02 Å². The molecule has 0 aliphatic rings. The molecule has 4 aromatic rings. The van der Waals surface area contributed by atoms with E-state index in [0.29, 0.717) is 37.4 Å². The van der Waals surface area contributed by atoms with Crippen molar-refractivity contribution in [3.63, 3.8) is 0 Å². The van der Waals surface area contributed by atoms with Gasteiger partial charge in [-0.05, 0) is 52.4 Å². The largest absolute Gasteiger partial charge is 0.354 e. The Hall–Kier alpha value is -3.63. The second-order valence-electron chi connectivity index (χ2n) is 9.28. The molecule has 190 valence electrons. The fraction of sp³-hybridized carbons (Fsp3) is 0.250. The summed E-state index contributed by atoms with van der Waals surface area (Å²) in [5, 5.41) is 5.98. The molecule has 5 heteroatoms. The van der Waals surface area contributed by atoms with E-state index in [2.05, 4.69) is 29.6 Å². The van der Waals surface area contributed by atoms with Crippen LogP contribution in [-0.4, -0.2) is 29.3 Å². The summed E-state index contributed by atoms with van der Waals surface area (Å²) in [6.45, 7) is 2.93. The SMILES string of the molecule is CCCNC(=O)C(Cc1ccccc1)N(Cc1ccc(Cl)cc1)C(=O)CCc1cccc2ccccc12. The predicted octanol–water partition coefficient (Wildman–Crippen LogP) is 6.59. The molecule has 4 aromatic carbocycles. The van der Waals surface area contributed by atoms with Crippen LogP contribution in [0.4, 0.5) is 0 Å². The number of nitrogens with one attached hydrogen (secondary N) is 1. The zero-order chi connectivity index (χ0) is 26.0. The van der Waals surface area contributed by atoms with Crippen molar-refractivity contribution in [1.29, 1.82) is 0 Å². The van der Waals surface area contributed by atoms with E-state index < -0.39 is 6.04 Å². The van der Waals surface area contributed by atoms with Gasteiger partial charge in [-0.25, -0.2) is 0 Å². The zero-order valence-corrected chi connectivity index (χ0v) is 22.0. The molecule has 1 N–H and O–H groups in total. The van der Waals surface area contributed by atoms with E-state index in [1.54, 1.807) is 4.90 Å². The monoisotopic (exact) mass is 512 g/mol. The number of nitrogens with zero attached hydrogens (tertiary/aromatic N) is 1. The Bertz CT molecular complexity index is 1320. The Balaban J connectivity index is 1.62. The van der Waals surface area contributed by atoms with Crippen molar-refractivity contribution in [1.82, 2.24) is 10.2 Å². The summed E-state index contributed by atoms with van der Waals surface area (Å²) in [7, 11) is 0. The Morgan fingerprint density at radius 3 is 2.30 bits per heavy atom. The van der Waals surface area contributed by atoms with Gasteiger partial charge >= 0.3 is 0 Å². The number of halogens is 1. The summed E-state index contributed by atoms with van der Waals surface area (Å²) in [6.07, 6.45) is 2.19. The lowest BCUT2D eigenvalue weighted by Crippen LogP contribution is -2.50. The fourth-order valence-corrected chi connectivity index (χ4v) is 4.73. The van der Waals surface area contributed by atoms with Gasteiger partial charge in [-0.2, -0.15) is 0 Å². The maximum Gasteiger partial charge on any atom is 0.243 e. The van der Waals surface area contributed by atoms with E-state index in [1.807, 2.05) is 79.7 Å². The topological polar surface area (TPSA) is 49.4 Å². The molecule has 0 spiro atoms. The van der Waals surface area contributed by atoms with Crippen LogP contribution in [0.25, 0.3) is 10.8 Å². The molecule has 0 aliphatic heterocycles. The minimum atomic E-state index is -0.621. The molecule has 0 aromatic heterocycles. The Morgan fingerprint density at radius 2 is 1.54 bits per heavy atom. The first kappa shape index (κ1) is 26.4. The lowest BCUT2D eigenvalue weighted by molar-refractivity contribution is -0.141. The number of hydrogen-bond donors (Lipinski definition) is 1.